The van der Waals surface area contributed by atoms with Crippen LogP contribution < -0.4 is 0 Å². The molecular weight excluding hydrogens is 176 g/mol. The molecule has 2 saturated carbocycles. The van der Waals surface area contributed by atoms with Crippen molar-refractivity contribution >= 4 is 5.78 Å². The maximum absolute atomic E-state index is 11.6. The molecule has 0 bridgehead atoms. The van der Waals surface area contributed by atoms with Crippen LogP contribution in [0.5, 0.6) is 0 Å². The van der Waals surface area contributed by atoms with Crippen LogP contribution in [-0.2, 0) is 9.53 Å². The topological polar surface area (TPSA) is 26.3 Å². The van der Waals surface area contributed by atoms with Gasteiger partial charge in [0.15, 0.2) is 0 Å². The highest BCUT2D eigenvalue weighted by Gasteiger charge is 2.56. The minimum Gasteiger partial charge on any atom is -0.376 e. The molecule has 0 aromatic heterocycles. The molecule has 0 N–H and O–H groups in total. The van der Waals surface area contributed by atoms with Crippen LogP contribution in [0.3, 0.4) is 0 Å². The predicted octanol–water partition coefficient (Wildman–Crippen LogP) is 2.56. The molecular formula is C12H20O2. The van der Waals surface area contributed by atoms with E-state index in [1.807, 2.05) is 0 Å². The Morgan fingerprint density at radius 2 is 2.07 bits per heavy atom. The Hall–Kier alpha value is -0.370. The molecule has 0 aromatic rings. The van der Waals surface area contributed by atoms with Crippen LogP contribution in [-0.4, -0.2) is 18.5 Å². The van der Waals surface area contributed by atoms with Gasteiger partial charge in [-0.3, -0.25) is 4.79 Å². The van der Waals surface area contributed by atoms with Crippen LogP contribution in [0.15, 0.2) is 0 Å². The van der Waals surface area contributed by atoms with Crippen LogP contribution in [0.1, 0.15) is 46.0 Å². The zero-order valence-electron chi connectivity index (χ0n) is 9.21. The van der Waals surface area contributed by atoms with Gasteiger partial charge in [0.05, 0.1) is 11.5 Å². The van der Waals surface area contributed by atoms with Gasteiger partial charge in [0.2, 0.25) is 0 Å². The van der Waals surface area contributed by atoms with E-state index in [0.29, 0.717) is 18.1 Å². The first-order valence-electron chi connectivity index (χ1n) is 5.80. The Kier molecular flexibility index (Phi) is 2.65. The molecule has 1 atom stereocenters. The number of carbonyl (C=O) groups excluding carboxylic acids is 1. The van der Waals surface area contributed by atoms with Crippen LogP contribution in [0.25, 0.3) is 0 Å². The van der Waals surface area contributed by atoms with Crippen molar-refractivity contribution in [1.82, 2.24) is 0 Å². The third kappa shape index (κ3) is 1.50. The average molecular weight is 196 g/mol. The summed E-state index contributed by atoms with van der Waals surface area (Å²) in [5, 5.41) is 0. The van der Waals surface area contributed by atoms with Gasteiger partial charge in [0.25, 0.3) is 0 Å². The number of carbonyl (C=O) groups is 1. The first-order valence-corrected chi connectivity index (χ1v) is 5.80. The monoisotopic (exact) mass is 196 g/mol. The van der Waals surface area contributed by atoms with Crippen molar-refractivity contribution in [1.29, 1.82) is 0 Å². The number of ether oxygens (including phenoxy) is 1. The van der Waals surface area contributed by atoms with Crippen LogP contribution >= 0.6 is 0 Å². The highest BCUT2D eigenvalue weighted by molar-refractivity contribution is 5.92. The molecule has 2 aliphatic carbocycles. The van der Waals surface area contributed by atoms with E-state index in [4.69, 9.17) is 4.74 Å². The second kappa shape index (κ2) is 3.65. The molecule has 0 aromatic carbocycles. The quantitative estimate of drug-likeness (QED) is 0.693. The summed E-state index contributed by atoms with van der Waals surface area (Å²) in [7, 11) is 0. The van der Waals surface area contributed by atoms with Gasteiger partial charge >= 0.3 is 0 Å². The molecule has 2 fully saturated rings. The fraction of sp³-hybridized carbons (Fsp3) is 0.917. The van der Waals surface area contributed by atoms with Gasteiger partial charge in [-0.15, -0.1) is 0 Å². The lowest BCUT2D eigenvalue weighted by atomic mass is 9.63. The standard InChI is InChI=1S/C12H20O2/c1-9(2)8-14-11-7-10(13)12(11)5-3-4-6-12/h9,11H,3-8H2,1-2H3. The lowest BCUT2D eigenvalue weighted by molar-refractivity contribution is -0.164. The zero-order valence-corrected chi connectivity index (χ0v) is 9.21. The maximum atomic E-state index is 11.6. The number of ketones is 1. The summed E-state index contributed by atoms with van der Waals surface area (Å²) >= 11 is 0. The third-order valence-electron chi connectivity index (χ3n) is 3.67. The summed E-state index contributed by atoms with van der Waals surface area (Å²) in [5.74, 6) is 1.04. The molecule has 0 radical (unpaired) electrons. The van der Waals surface area contributed by atoms with Crippen LogP contribution in [0.4, 0.5) is 0 Å². The van der Waals surface area contributed by atoms with Gasteiger partial charge in [-0.25, -0.2) is 0 Å². The minimum absolute atomic E-state index is 0.0328. The second-order valence-corrected chi connectivity index (χ2v) is 5.21. The molecule has 2 aliphatic rings. The molecule has 0 amide bonds. The van der Waals surface area contributed by atoms with Gasteiger partial charge in [0, 0.05) is 13.0 Å². The van der Waals surface area contributed by atoms with Crippen LogP contribution in [0, 0.1) is 11.3 Å². The number of rotatable bonds is 3. The van der Waals surface area contributed by atoms with E-state index >= 15 is 0 Å². The van der Waals surface area contributed by atoms with E-state index in [2.05, 4.69) is 13.8 Å². The molecule has 2 rings (SSSR count). The van der Waals surface area contributed by atoms with E-state index in [0.717, 1.165) is 19.4 Å². The van der Waals surface area contributed by atoms with Crippen molar-refractivity contribution in [3.8, 4) is 0 Å². The molecule has 80 valence electrons. The number of hydrogen-bond acceptors (Lipinski definition) is 2. The summed E-state index contributed by atoms with van der Waals surface area (Å²) in [6, 6.07) is 0. The number of Topliss-reactive ketones (excluding diaryl/α,β-unsaturated/α-hetero) is 1. The molecule has 1 unspecified atom stereocenters. The minimum atomic E-state index is -0.0328. The normalized spacial score (nSPS) is 29.9. The third-order valence-corrected chi connectivity index (χ3v) is 3.67. The smallest absolute Gasteiger partial charge is 0.144 e. The van der Waals surface area contributed by atoms with Crippen molar-refractivity contribution in [2.45, 2.75) is 52.1 Å². The zero-order chi connectivity index (χ0) is 10.2. The lowest BCUT2D eigenvalue weighted by Gasteiger charge is -2.45. The maximum Gasteiger partial charge on any atom is 0.144 e. The summed E-state index contributed by atoms with van der Waals surface area (Å²) in [5.41, 5.74) is -0.0328. The Bertz CT molecular complexity index is 226. The van der Waals surface area contributed by atoms with Crippen molar-refractivity contribution in [3.05, 3.63) is 0 Å². The molecule has 2 nitrogen and oxygen atoms in total. The van der Waals surface area contributed by atoms with E-state index in [-0.39, 0.29) is 11.5 Å². The fourth-order valence-corrected chi connectivity index (χ4v) is 2.75. The Morgan fingerprint density at radius 1 is 1.43 bits per heavy atom. The summed E-state index contributed by atoms with van der Waals surface area (Å²) in [6.07, 6.45) is 5.51. The largest absolute Gasteiger partial charge is 0.376 e. The van der Waals surface area contributed by atoms with Gasteiger partial charge in [-0.1, -0.05) is 26.7 Å². The lowest BCUT2D eigenvalue weighted by Crippen LogP contribution is -2.53. The molecule has 0 aliphatic heterocycles. The Balaban J connectivity index is 1.91. The van der Waals surface area contributed by atoms with Gasteiger partial charge in [-0.2, -0.15) is 0 Å². The van der Waals surface area contributed by atoms with Crippen molar-refractivity contribution in [2.75, 3.05) is 6.61 Å². The number of hydrogen-bond donors (Lipinski definition) is 0. The van der Waals surface area contributed by atoms with Crippen LogP contribution in [0.2, 0.25) is 0 Å². The highest BCUT2D eigenvalue weighted by atomic mass is 16.5. The van der Waals surface area contributed by atoms with E-state index in [1.54, 1.807) is 0 Å². The summed E-state index contributed by atoms with van der Waals surface area (Å²) in [4.78, 5) is 11.6. The molecule has 1 spiro atoms. The molecule has 2 heteroatoms. The van der Waals surface area contributed by atoms with Gasteiger partial charge < -0.3 is 4.74 Å². The summed E-state index contributed by atoms with van der Waals surface area (Å²) in [6.45, 7) is 5.11. The SMILES string of the molecule is CC(C)COC1CC(=O)C12CCCC2. The van der Waals surface area contributed by atoms with Gasteiger partial charge in [0.1, 0.15) is 5.78 Å². The van der Waals surface area contributed by atoms with E-state index < -0.39 is 0 Å². The van der Waals surface area contributed by atoms with E-state index in [9.17, 15) is 4.79 Å². The molecule has 0 heterocycles. The second-order valence-electron chi connectivity index (χ2n) is 5.21. The van der Waals surface area contributed by atoms with Crippen molar-refractivity contribution in [3.63, 3.8) is 0 Å². The molecule has 14 heavy (non-hydrogen) atoms. The van der Waals surface area contributed by atoms with Crippen molar-refractivity contribution < 1.29 is 9.53 Å². The van der Waals surface area contributed by atoms with Gasteiger partial charge in [-0.05, 0) is 18.8 Å². The molecule has 0 saturated heterocycles. The fourth-order valence-electron chi connectivity index (χ4n) is 2.75. The average Bonchev–Trinajstić information content (AvgIpc) is 2.62. The Morgan fingerprint density at radius 3 is 2.57 bits per heavy atom. The Labute approximate surface area is 86.0 Å². The van der Waals surface area contributed by atoms with Crippen molar-refractivity contribution in [2.24, 2.45) is 11.3 Å². The first-order chi connectivity index (χ1) is 6.65. The summed E-state index contributed by atoms with van der Waals surface area (Å²) < 4.78 is 5.83. The van der Waals surface area contributed by atoms with E-state index in [1.165, 1.54) is 12.8 Å². The first kappa shape index (κ1) is 10.2. The predicted molar refractivity (Wildman–Crippen MR) is 55.1 cm³/mol. The highest BCUT2D eigenvalue weighted by Crippen LogP contribution is 2.51.